The van der Waals surface area contributed by atoms with E-state index in [-0.39, 0.29) is 29.2 Å². The molecule has 1 aromatic heterocycles. The summed E-state index contributed by atoms with van der Waals surface area (Å²) in [5.74, 6) is 1.26. The molecule has 0 spiro atoms. The first-order valence-electron chi connectivity index (χ1n) is 8.52. The van der Waals surface area contributed by atoms with E-state index in [1.807, 2.05) is 19.1 Å². The topological polar surface area (TPSA) is 103 Å². The third kappa shape index (κ3) is 4.81. The number of carbonyl (C=O) groups is 1. The molecule has 146 valence electrons. The molecular formula is C17H21N3O5S2. The van der Waals surface area contributed by atoms with Gasteiger partial charge < -0.3 is 14.1 Å². The number of carbonyl (C=O) groups excluding carboxylic acids is 1. The molecule has 3 rings (SSSR count). The van der Waals surface area contributed by atoms with Crippen molar-refractivity contribution in [3.8, 4) is 17.2 Å². The van der Waals surface area contributed by atoms with Gasteiger partial charge in [0, 0.05) is 18.2 Å². The van der Waals surface area contributed by atoms with Crippen LogP contribution in [0.3, 0.4) is 0 Å². The normalized spacial score (nSPS) is 18.4. The Morgan fingerprint density at radius 1 is 1.33 bits per heavy atom. The van der Waals surface area contributed by atoms with Gasteiger partial charge in [-0.25, -0.2) is 8.42 Å². The van der Waals surface area contributed by atoms with E-state index in [1.165, 1.54) is 0 Å². The number of benzene rings is 1. The molecule has 0 unspecified atom stereocenters. The van der Waals surface area contributed by atoms with Crippen LogP contribution in [0.15, 0.2) is 33.9 Å². The van der Waals surface area contributed by atoms with Crippen LogP contribution in [-0.2, 0) is 14.6 Å². The number of rotatable bonds is 7. The highest BCUT2D eigenvalue weighted by atomic mass is 32.2. The van der Waals surface area contributed by atoms with E-state index in [1.54, 1.807) is 24.1 Å². The first kappa shape index (κ1) is 19.7. The summed E-state index contributed by atoms with van der Waals surface area (Å²) >= 11 is 1.15. The predicted octanol–water partition coefficient (Wildman–Crippen LogP) is 1.87. The Morgan fingerprint density at radius 3 is 2.67 bits per heavy atom. The monoisotopic (exact) mass is 411 g/mol. The van der Waals surface area contributed by atoms with E-state index >= 15 is 0 Å². The molecule has 2 aromatic rings. The van der Waals surface area contributed by atoms with Gasteiger partial charge in [0.25, 0.3) is 5.22 Å². The van der Waals surface area contributed by atoms with Gasteiger partial charge in [0.05, 0.1) is 24.4 Å². The quantitative estimate of drug-likeness (QED) is 0.636. The van der Waals surface area contributed by atoms with Gasteiger partial charge in [0.1, 0.15) is 5.75 Å². The Kier molecular flexibility index (Phi) is 6.05. The van der Waals surface area contributed by atoms with E-state index < -0.39 is 9.84 Å². The minimum atomic E-state index is -3.03. The lowest BCUT2D eigenvalue weighted by atomic mass is 10.2. The number of nitrogens with zero attached hydrogens (tertiary/aromatic N) is 3. The van der Waals surface area contributed by atoms with Crippen molar-refractivity contribution in [2.45, 2.75) is 24.6 Å². The highest BCUT2D eigenvalue weighted by Crippen LogP contribution is 2.26. The SMILES string of the molecule is CCN(C(=O)CSc1nnc(-c2ccc(OC)cc2)o1)[C@H]1CCS(=O)(=O)C1. The van der Waals surface area contributed by atoms with E-state index in [0.717, 1.165) is 23.1 Å². The zero-order valence-corrected chi connectivity index (χ0v) is 16.8. The van der Waals surface area contributed by atoms with Crippen LogP contribution < -0.4 is 4.74 Å². The molecular weight excluding hydrogens is 390 g/mol. The van der Waals surface area contributed by atoms with Gasteiger partial charge in [-0.15, -0.1) is 10.2 Å². The number of hydrogen-bond donors (Lipinski definition) is 0. The van der Waals surface area contributed by atoms with Crippen LogP contribution in [0.2, 0.25) is 0 Å². The van der Waals surface area contributed by atoms with Crippen molar-refractivity contribution < 1.29 is 22.4 Å². The van der Waals surface area contributed by atoms with Crippen molar-refractivity contribution >= 4 is 27.5 Å². The summed E-state index contributed by atoms with van der Waals surface area (Å²) in [6, 6.07) is 6.97. The Labute approximate surface area is 162 Å². The lowest BCUT2D eigenvalue weighted by Crippen LogP contribution is -2.41. The summed E-state index contributed by atoms with van der Waals surface area (Å²) in [7, 11) is -1.44. The van der Waals surface area contributed by atoms with Gasteiger partial charge in [-0.05, 0) is 37.6 Å². The number of aromatic nitrogens is 2. The van der Waals surface area contributed by atoms with Gasteiger partial charge in [-0.1, -0.05) is 11.8 Å². The maximum absolute atomic E-state index is 12.5. The molecule has 2 heterocycles. The Balaban J connectivity index is 1.59. The lowest BCUT2D eigenvalue weighted by molar-refractivity contribution is -0.129. The highest BCUT2D eigenvalue weighted by Gasteiger charge is 2.33. The van der Waals surface area contributed by atoms with Gasteiger partial charge in [-0.3, -0.25) is 4.79 Å². The second-order valence-corrected chi connectivity index (χ2v) is 9.28. The number of sulfone groups is 1. The molecule has 1 fully saturated rings. The molecule has 8 nitrogen and oxygen atoms in total. The second kappa shape index (κ2) is 8.30. The molecule has 0 bridgehead atoms. The average Bonchev–Trinajstić information content (AvgIpc) is 3.27. The smallest absolute Gasteiger partial charge is 0.277 e. The van der Waals surface area contributed by atoms with Crippen LogP contribution in [0.4, 0.5) is 0 Å². The van der Waals surface area contributed by atoms with Crippen LogP contribution in [-0.4, -0.2) is 66.4 Å². The summed E-state index contributed by atoms with van der Waals surface area (Å²) in [5, 5.41) is 8.26. The zero-order chi connectivity index (χ0) is 19.4. The molecule has 1 saturated heterocycles. The van der Waals surface area contributed by atoms with Gasteiger partial charge in [0.15, 0.2) is 9.84 Å². The van der Waals surface area contributed by atoms with Gasteiger partial charge in [0.2, 0.25) is 11.8 Å². The second-order valence-electron chi connectivity index (χ2n) is 6.13. The third-order valence-electron chi connectivity index (χ3n) is 4.37. The molecule has 0 radical (unpaired) electrons. The molecule has 0 aliphatic carbocycles. The molecule has 10 heteroatoms. The summed E-state index contributed by atoms with van der Waals surface area (Å²) in [6.45, 7) is 2.32. The summed E-state index contributed by atoms with van der Waals surface area (Å²) in [6.07, 6.45) is 0.495. The standard InChI is InChI=1S/C17H21N3O5S2/c1-3-20(13-8-9-27(22,23)11-13)15(21)10-26-17-19-18-16(25-17)12-4-6-14(24-2)7-5-12/h4-7,13H,3,8-11H2,1-2H3/t13-/m0/s1. The molecule has 0 N–H and O–H groups in total. The third-order valence-corrected chi connectivity index (χ3v) is 6.93. The lowest BCUT2D eigenvalue weighted by Gasteiger charge is -2.26. The van der Waals surface area contributed by atoms with E-state index in [9.17, 15) is 13.2 Å². The number of ether oxygens (including phenoxy) is 1. The van der Waals surface area contributed by atoms with Crippen molar-refractivity contribution in [2.75, 3.05) is 30.9 Å². The molecule has 1 aliphatic heterocycles. The van der Waals surface area contributed by atoms with Crippen LogP contribution in [0, 0.1) is 0 Å². The van der Waals surface area contributed by atoms with Crippen molar-refractivity contribution in [3.63, 3.8) is 0 Å². The number of thioether (sulfide) groups is 1. The van der Waals surface area contributed by atoms with Crippen LogP contribution in [0.25, 0.3) is 11.5 Å². The van der Waals surface area contributed by atoms with Gasteiger partial charge in [-0.2, -0.15) is 0 Å². The fourth-order valence-electron chi connectivity index (χ4n) is 2.98. The highest BCUT2D eigenvalue weighted by molar-refractivity contribution is 7.99. The first-order valence-corrected chi connectivity index (χ1v) is 11.3. The molecule has 1 aliphatic rings. The Bertz CT molecular complexity index is 896. The van der Waals surface area contributed by atoms with Crippen LogP contribution in [0.1, 0.15) is 13.3 Å². The average molecular weight is 412 g/mol. The van der Waals surface area contributed by atoms with Gasteiger partial charge >= 0.3 is 0 Å². The number of hydrogen-bond acceptors (Lipinski definition) is 8. The van der Waals surface area contributed by atoms with E-state index in [4.69, 9.17) is 9.15 Å². The fourth-order valence-corrected chi connectivity index (χ4v) is 5.36. The van der Waals surface area contributed by atoms with E-state index in [2.05, 4.69) is 10.2 Å². The number of amides is 1. The van der Waals surface area contributed by atoms with Crippen molar-refractivity contribution in [3.05, 3.63) is 24.3 Å². The maximum Gasteiger partial charge on any atom is 0.277 e. The molecule has 1 atom stereocenters. The Hall–Kier alpha value is -2.07. The zero-order valence-electron chi connectivity index (χ0n) is 15.1. The fraction of sp³-hybridized carbons (Fsp3) is 0.471. The predicted molar refractivity (Wildman–Crippen MR) is 101 cm³/mol. The molecule has 1 aromatic carbocycles. The van der Waals surface area contributed by atoms with Crippen LogP contribution >= 0.6 is 11.8 Å². The minimum absolute atomic E-state index is 0.0411. The summed E-state index contributed by atoms with van der Waals surface area (Å²) in [4.78, 5) is 14.1. The van der Waals surface area contributed by atoms with Crippen molar-refractivity contribution in [1.29, 1.82) is 0 Å². The van der Waals surface area contributed by atoms with Crippen molar-refractivity contribution in [1.82, 2.24) is 15.1 Å². The minimum Gasteiger partial charge on any atom is -0.497 e. The largest absolute Gasteiger partial charge is 0.497 e. The Morgan fingerprint density at radius 2 is 2.07 bits per heavy atom. The number of methoxy groups -OCH3 is 1. The summed E-state index contributed by atoms with van der Waals surface area (Å²) < 4.78 is 34.0. The van der Waals surface area contributed by atoms with Crippen molar-refractivity contribution in [2.24, 2.45) is 0 Å². The molecule has 27 heavy (non-hydrogen) atoms. The summed E-state index contributed by atoms with van der Waals surface area (Å²) in [5.41, 5.74) is 0.757. The maximum atomic E-state index is 12.5. The van der Waals surface area contributed by atoms with Crippen LogP contribution in [0.5, 0.6) is 5.75 Å². The van der Waals surface area contributed by atoms with E-state index in [0.29, 0.717) is 24.1 Å². The molecule has 0 saturated carbocycles. The first-order chi connectivity index (χ1) is 12.9. The molecule has 1 amide bonds.